The monoisotopic (exact) mass is 188 g/mol. The van der Waals surface area contributed by atoms with Gasteiger partial charge in [-0.2, -0.15) is 0 Å². The van der Waals surface area contributed by atoms with Gasteiger partial charge >= 0.3 is 0 Å². The summed E-state index contributed by atoms with van der Waals surface area (Å²) >= 11 is 0. The van der Waals surface area contributed by atoms with Crippen LogP contribution in [0.15, 0.2) is 18.3 Å². The first-order valence-corrected chi connectivity index (χ1v) is 4.37. The zero-order valence-corrected chi connectivity index (χ0v) is 8.24. The van der Waals surface area contributed by atoms with Crippen molar-refractivity contribution in [2.24, 2.45) is 5.73 Å². The summed E-state index contributed by atoms with van der Waals surface area (Å²) in [5.74, 6) is 4.64. The Labute approximate surface area is 83.3 Å². The number of hydrogen-bond acceptors (Lipinski definition) is 2. The lowest BCUT2D eigenvalue weighted by atomic mass is 10.0. The zero-order chi connectivity index (χ0) is 10.6. The molecule has 1 aromatic rings. The lowest BCUT2D eigenvalue weighted by Gasteiger charge is -2.03. The molecule has 0 aliphatic heterocycles. The van der Waals surface area contributed by atoms with Crippen LogP contribution in [0, 0.1) is 11.8 Å². The maximum absolute atomic E-state index is 10.4. The summed E-state index contributed by atoms with van der Waals surface area (Å²) in [5.41, 5.74) is 6.62. The van der Waals surface area contributed by atoms with E-state index < -0.39 is 5.91 Å². The van der Waals surface area contributed by atoms with Gasteiger partial charge in [0, 0.05) is 12.1 Å². The second kappa shape index (κ2) is 4.43. The number of nitrogens with two attached hydrogens (primary N) is 1. The summed E-state index contributed by atoms with van der Waals surface area (Å²) in [6.07, 6.45) is 1.68. The third kappa shape index (κ3) is 2.91. The molecule has 0 saturated carbocycles. The molecule has 72 valence electrons. The standard InChI is InChI=1S/C11H12N2O/c1-8(2)9-5-6-13-10(7-9)3-4-11(12)14/h5-8H,1-2H3,(H2,12,14). The second-order valence-electron chi connectivity index (χ2n) is 3.24. The number of rotatable bonds is 1. The van der Waals surface area contributed by atoms with Gasteiger partial charge in [-0.1, -0.05) is 13.8 Å². The third-order valence-electron chi connectivity index (χ3n) is 1.76. The van der Waals surface area contributed by atoms with Crippen LogP contribution in [-0.2, 0) is 4.79 Å². The predicted molar refractivity (Wildman–Crippen MR) is 54.4 cm³/mol. The Balaban J connectivity index is 2.96. The minimum atomic E-state index is -0.637. The van der Waals surface area contributed by atoms with Crippen molar-refractivity contribution < 1.29 is 4.79 Å². The molecule has 0 aliphatic carbocycles. The molecule has 0 fully saturated rings. The molecule has 0 bridgehead atoms. The quantitative estimate of drug-likeness (QED) is 0.669. The van der Waals surface area contributed by atoms with Crippen molar-refractivity contribution in [1.29, 1.82) is 0 Å². The van der Waals surface area contributed by atoms with E-state index in [9.17, 15) is 4.79 Å². The van der Waals surface area contributed by atoms with E-state index in [1.54, 1.807) is 6.20 Å². The van der Waals surface area contributed by atoms with E-state index in [0.717, 1.165) is 5.56 Å². The molecule has 0 radical (unpaired) electrons. The molecule has 3 nitrogen and oxygen atoms in total. The maximum atomic E-state index is 10.4. The fourth-order valence-corrected chi connectivity index (χ4v) is 1.000. The Morgan fingerprint density at radius 1 is 1.57 bits per heavy atom. The van der Waals surface area contributed by atoms with Crippen LogP contribution in [0.2, 0.25) is 0 Å². The normalized spacial score (nSPS) is 9.36. The van der Waals surface area contributed by atoms with Crippen molar-refractivity contribution in [2.45, 2.75) is 19.8 Å². The van der Waals surface area contributed by atoms with Gasteiger partial charge in [0.25, 0.3) is 5.91 Å². The van der Waals surface area contributed by atoms with Gasteiger partial charge in [-0.05, 0) is 29.5 Å². The summed E-state index contributed by atoms with van der Waals surface area (Å²) in [4.78, 5) is 14.4. The molecule has 0 spiro atoms. The molecule has 0 aliphatic rings. The first-order chi connectivity index (χ1) is 6.59. The van der Waals surface area contributed by atoms with E-state index >= 15 is 0 Å². The Bertz CT molecular complexity index is 399. The van der Waals surface area contributed by atoms with Gasteiger partial charge in [0.2, 0.25) is 0 Å². The lowest BCUT2D eigenvalue weighted by Crippen LogP contribution is -2.06. The van der Waals surface area contributed by atoms with Crippen LogP contribution >= 0.6 is 0 Å². The van der Waals surface area contributed by atoms with Crippen molar-refractivity contribution in [1.82, 2.24) is 4.98 Å². The number of nitrogens with zero attached hydrogens (tertiary/aromatic N) is 1. The molecular weight excluding hydrogens is 176 g/mol. The number of primary amides is 1. The summed E-state index contributed by atoms with van der Waals surface area (Å²) < 4.78 is 0. The molecule has 3 heteroatoms. The van der Waals surface area contributed by atoms with Crippen molar-refractivity contribution in [3.8, 4) is 11.8 Å². The number of carbonyl (C=O) groups excluding carboxylic acids is 1. The Kier molecular flexibility index (Phi) is 3.24. The number of hydrogen-bond donors (Lipinski definition) is 1. The number of pyridine rings is 1. The van der Waals surface area contributed by atoms with Gasteiger partial charge < -0.3 is 5.73 Å². The van der Waals surface area contributed by atoms with Gasteiger partial charge in [-0.3, -0.25) is 4.79 Å². The highest BCUT2D eigenvalue weighted by Gasteiger charge is 1.99. The number of carbonyl (C=O) groups is 1. The van der Waals surface area contributed by atoms with E-state index in [0.29, 0.717) is 11.6 Å². The largest absolute Gasteiger partial charge is 0.359 e. The molecule has 14 heavy (non-hydrogen) atoms. The van der Waals surface area contributed by atoms with Crippen molar-refractivity contribution >= 4 is 5.91 Å². The Hall–Kier alpha value is -1.82. The van der Waals surface area contributed by atoms with Crippen molar-refractivity contribution in [3.05, 3.63) is 29.6 Å². The van der Waals surface area contributed by atoms with Gasteiger partial charge in [0.05, 0.1) is 0 Å². The van der Waals surface area contributed by atoms with E-state index in [1.165, 1.54) is 0 Å². The minimum absolute atomic E-state index is 0.423. The highest BCUT2D eigenvalue weighted by Crippen LogP contribution is 2.13. The average Bonchev–Trinajstić information content (AvgIpc) is 2.15. The van der Waals surface area contributed by atoms with Crippen molar-refractivity contribution in [3.63, 3.8) is 0 Å². The molecule has 0 aromatic carbocycles. The lowest BCUT2D eigenvalue weighted by molar-refractivity contribution is -0.112. The summed E-state index contributed by atoms with van der Waals surface area (Å²) in [6.45, 7) is 4.17. The zero-order valence-electron chi connectivity index (χ0n) is 8.24. The number of aromatic nitrogens is 1. The van der Waals surface area contributed by atoms with Crippen LogP contribution in [-0.4, -0.2) is 10.9 Å². The van der Waals surface area contributed by atoms with E-state index in [-0.39, 0.29) is 0 Å². The third-order valence-corrected chi connectivity index (χ3v) is 1.76. The highest BCUT2D eigenvalue weighted by molar-refractivity contribution is 5.92. The Morgan fingerprint density at radius 2 is 2.29 bits per heavy atom. The highest BCUT2D eigenvalue weighted by atomic mass is 16.1. The van der Waals surface area contributed by atoms with Crippen LogP contribution in [0.5, 0.6) is 0 Å². The fourth-order valence-electron chi connectivity index (χ4n) is 1.000. The molecule has 1 rings (SSSR count). The molecule has 1 heterocycles. The molecule has 1 amide bonds. The van der Waals surface area contributed by atoms with Gasteiger partial charge in [0.15, 0.2) is 0 Å². The molecule has 1 aromatic heterocycles. The fraction of sp³-hybridized carbons (Fsp3) is 0.273. The average molecular weight is 188 g/mol. The van der Waals surface area contributed by atoms with Gasteiger partial charge in [-0.25, -0.2) is 4.98 Å². The van der Waals surface area contributed by atoms with Gasteiger partial charge in [-0.15, -0.1) is 0 Å². The molecule has 0 atom stereocenters. The molecule has 0 unspecified atom stereocenters. The molecule has 2 N–H and O–H groups in total. The summed E-state index contributed by atoms with van der Waals surface area (Å²) in [7, 11) is 0. The van der Waals surface area contributed by atoms with Crippen LogP contribution in [0.1, 0.15) is 31.0 Å². The van der Waals surface area contributed by atoms with Crippen LogP contribution in [0.4, 0.5) is 0 Å². The Morgan fingerprint density at radius 3 is 2.86 bits per heavy atom. The first-order valence-electron chi connectivity index (χ1n) is 4.37. The van der Waals surface area contributed by atoms with Crippen LogP contribution < -0.4 is 5.73 Å². The first kappa shape index (κ1) is 10.3. The summed E-state index contributed by atoms with van der Waals surface area (Å²) in [6, 6.07) is 3.79. The second-order valence-corrected chi connectivity index (χ2v) is 3.24. The van der Waals surface area contributed by atoms with E-state index in [4.69, 9.17) is 5.73 Å². The predicted octanol–water partition coefficient (Wildman–Crippen LogP) is 1.04. The smallest absolute Gasteiger partial charge is 0.293 e. The number of amides is 1. The van der Waals surface area contributed by atoms with Crippen molar-refractivity contribution in [2.75, 3.05) is 0 Å². The molecular formula is C11H12N2O. The van der Waals surface area contributed by atoms with Crippen LogP contribution in [0.3, 0.4) is 0 Å². The van der Waals surface area contributed by atoms with E-state index in [1.807, 2.05) is 12.1 Å². The molecule has 0 saturated heterocycles. The SMILES string of the molecule is CC(C)c1ccnc(C#CC(N)=O)c1. The van der Waals surface area contributed by atoms with Crippen LogP contribution in [0.25, 0.3) is 0 Å². The minimum Gasteiger partial charge on any atom is -0.359 e. The topological polar surface area (TPSA) is 56.0 Å². The van der Waals surface area contributed by atoms with Gasteiger partial charge in [0.1, 0.15) is 5.69 Å². The van der Waals surface area contributed by atoms with E-state index in [2.05, 4.69) is 30.7 Å². The summed E-state index contributed by atoms with van der Waals surface area (Å²) in [5, 5.41) is 0. The maximum Gasteiger partial charge on any atom is 0.293 e.